The first-order valence-electron chi connectivity index (χ1n) is 7.87. The van der Waals surface area contributed by atoms with E-state index in [0.29, 0.717) is 5.92 Å². The molecule has 1 aromatic carbocycles. The number of hydrogen-bond donors (Lipinski definition) is 0. The molecule has 0 aliphatic rings. The third kappa shape index (κ3) is 4.12. The Labute approximate surface area is 130 Å². The molecule has 1 heteroatoms. The second-order valence-electron chi connectivity index (χ2n) is 6.02. The predicted molar refractivity (Wildman–Crippen MR) is 92.4 cm³/mol. The second kappa shape index (κ2) is 7.88. The monoisotopic (exact) mass is 292 g/mol. The highest BCUT2D eigenvalue weighted by molar-refractivity contribution is 6.31. The van der Waals surface area contributed by atoms with Gasteiger partial charge in [0.2, 0.25) is 0 Å². The third-order valence-electron chi connectivity index (χ3n) is 4.43. The quantitative estimate of drug-likeness (QED) is 0.539. The van der Waals surface area contributed by atoms with E-state index in [2.05, 4.69) is 59.8 Å². The molecule has 2 atom stereocenters. The van der Waals surface area contributed by atoms with E-state index in [4.69, 9.17) is 11.6 Å². The summed E-state index contributed by atoms with van der Waals surface area (Å²) in [6.07, 6.45) is 5.99. The van der Waals surface area contributed by atoms with Gasteiger partial charge in [-0.1, -0.05) is 50.9 Å². The summed E-state index contributed by atoms with van der Waals surface area (Å²) < 4.78 is 0. The lowest BCUT2D eigenvalue weighted by Gasteiger charge is -2.24. The first-order valence-corrected chi connectivity index (χ1v) is 8.25. The van der Waals surface area contributed by atoms with Crippen LogP contribution in [0.2, 0.25) is 5.02 Å². The Morgan fingerprint density at radius 1 is 1.20 bits per heavy atom. The molecule has 0 aliphatic heterocycles. The average molecular weight is 293 g/mol. The predicted octanol–water partition coefficient (Wildman–Crippen LogP) is 6.82. The number of hydrogen-bond acceptors (Lipinski definition) is 0. The summed E-state index contributed by atoms with van der Waals surface area (Å²) in [5.41, 5.74) is 5.27. The molecule has 112 valence electrons. The van der Waals surface area contributed by atoms with Crippen LogP contribution >= 0.6 is 11.6 Å². The summed E-state index contributed by atoms with van der Waals surface area (Å²) in [7, 11) is 0. The molecular formula is C19H29Cl. The largest absolute Gasteiger partial charge is 0.0840 e. The van der Waals surface area contributed by atoms with Gasteiger partial charge in [-0.15, -0.1) is 0 Å². The second-order valence-corrected chi connectivity index (χ2v) is 6.42. The van der Waals surface area contributed by atoms with E-state index in [1.54, 1.807) is 0 Å². The van der Waals surface area contributed by atoms with Gasteiger partial charge in [0.15, 0.2) is 0 Å². The van der Waals surface area contributed by atoms with E-state index in [-0.39, 0.29) is 0 Å². The zero-order valence-electron chi connectivity index (χ0n) is 13.9. The van der Waals surface area contributed by atoms with Crippen LogP contribution < -0.4 is 0 Å². The number of rotatable bonds is 6. The number of aryl methyl sites for hydroxylation is 1. The van der Waals surface area contributed by atoms with Crippen LogP contribution in [0.5, 0.6) is 0 Å². The van der Waals surface area contributed by atoms with Crippen LogP contribution in [0.4, 0.5) is 0 Å². The normalized spacial score (nSPS) is 15.2. The van der Waals surface area contributed by atoms with Crippen LogP contribution in [-0.4, -0.2) is 0 Å². The van der Waals surface area contributed by atoms with Crippen molar-refractivity contribution in [2.45, 2.75) is 60.8 Å². The highest BCUT2D eigenvalue weighted by atomic mass is 35.5. The molecular weight excluding hydrogens is 264 g/mol. The molecule has 0 bridgehead atoms. The smallest absolute Gasteiger partial charge is 0.0443 e. The Morgan fingerprint density at radius 2 is 1.85 bits per heavy atom. The maximum atomic E-state index is 6.37. The van der Waals surface area contributed by atoms with Gasteiger partial charge < -0.3 is 0 Å². The van der Waals surface area contributed by atoms with Crippen molar-refractivity contribution in [1.82, 2.24) is 0 Å². The van der Waals surface area contributed by atoms with E-state index in [1.165, 1.54) is 41.5 Å². The fourth-order valence-electron chi connectivity index (χ4n) is 2.89. The van der Waals surface area contributed by atoms with Crippen LogP contribution in [0, 0.1) is 25.7 Å². The lowest BCUT2D eigenvalue weighted by atomic mass is 9.81. The Hall–Kier alpha value is -0.750. The van der Waals surface area contributed by atoms with Gasteiger partial charge in [0.25, 0.3) is 0 Å². The minimum absolute atomic E-state index is 0.631. The van der Waals surface area contributed by atoms with E-state index < -0.39 is 0 Å². The van der Waals surface area contributed by atoms with Crippen molar-refractivity contribution < 1.29 is 0 Å². The molecule has 1 aromatic rings. The van der Waals surface area contributed by atoms with Crippen LogP contribution in [0.15, 0.2) is 18.2 Å². The van der Waals surface area contributed by atoms with Crippen LogP contribution in [0.25, 0.3) is 5.57 Å². The van der Waals surface area contributed by atoms with Gasteiger partial charge in [0.1, 0.15) is 0 Å². The topological polar surface area (TPSA) is 0 Å². The van der Waals surface area contributed by atoms with Crippen molar-refractivity contribution in [2.75, 3.05) is 0 Å². The van der Waals surface area contributed by atoms with E-state index in [9.17, 15) is 0 Å². The molecule has 0 aromatic heterocycles. The van der Waals surface area contributed by atoms with Gasteiger partial charge in [-0.2, -0.15) is 0 Å². The van der Waals surface area contributed by atoms with Crippen molar-refractivity contribution >= 4 is 17.2 Å². The van der Waals surface area contributed by atoms with Gasteiger partial charge in [-0.25, -0.2) is 0 Å². The summed E-state index contributed by atoms with van der Waals surface area (Å²) in [5.74, 6) is 1.40. The highest BCUT2D eigenvalue weighted by Gasteiger charge is 2.18. The van der Waals surface area contributed by atoms with Crippen molar-refractivity contribution in [3.05, 3.63) is 39.9 Å². The Balaban J connectivity index is 3.18. The van der Waals surface area contributed by atoms with Gasteiger partial charge >= 0.3 is 0 Å². The van der Waals surface area contributed by atoms with Crippen molar-refractivity contribution in [3.8, 4) is 0 Å². The average Bonchev–Trinajstić information content (AvgIpc) is 2.43. The minimum atomic E-state index is 0.631. The standard InChI is InChI=1S/C19H29Cl/c1-7-13(4)10-16(8-2)17(9-3)18-11-14(5)12-19(20)15(18)6/h9,11-13,16H,7-8,10H2,1-6H3/b17-9-. The number of allylic oxidation sites excluding steroid dienone is 2. The summed E-state index contributed by atoms with van der Waals surface area (Å²) >= 11 is 6.37. The Morgan fingerprint density at radius 3 is 2.35 bits per heavy atom. The maximum absolute atomic E-state index is 6.37. The summed E-state index contributed by atoms with van der Waals surface area (Å²) in [6.45, 7) is 13.3. The fraction of sp³-hybridized carbons (Fsp3) is 0.579. The molecule has 0 fully saturated rings. The summed E-state index contributed by atoms with van der Waals surface area (Å²) in [4.78, 5) is 0. The van der Waals surface area contributed by atoms with Crippen LogP contribution in [0.3, 0.4) is 0 Å². The van der Waals surface area contributed by atoms with Gasteiger partial charge in [-0.3, -0.25) is 0 Å². The van der Waals surface area contributed by atoms with Crippen molar-refractivity contribution in [3.63, 3.8) is 0 Å². The zero-order valence-corrected chi connectivity index (χ0v) is 14.6. The third-order valence-corrected chi connectivity index (χ3v) is 4.82. The van der Waals surface area contributed by atoms with Crippen LogP contribution in [0.1, 0.15) is 63.6 Å². The number of benzene rings is 1. The summed E-state index contributed by atoms with van der Waals surface area (Å²) in [5, 5.41) is 0.887. The van der Waals surface area contributed by atoms with Crippen molar-refractivity contribution in [1.29, 1.82) is 0 Å². The molecule has 0 spiro atoms. The van der Waals surface area contributed by atoms with E-state index in [0.717, 1.165) is 10.9 Å². The zero-order chi connectivity index (χ0) is 15.3. The molecule has 0 saturated carbocycles. The summed E-state index contributed by atoms with van der Waals surface area (Å²) in [6, 6.07) is 4.35. The molecule has 0 amide bonds. The van der Waals surface area contributed by atoms with Gasteiger partial charge in [0.05, 0.1) is 0 Å². The maximum Gasteiger partial charge on any atom is 0.0443 e. The fourth-order valence-corrected chi connectivity index (χ4v) is 3.17. The lowest BCUT2D eigenvalue weighted by Crippen LogP contribution is -2.09. The molecule has 20 heavy (non-hydrogen) atoms. The molecule has 0 saturated heterocycles. The number of halogens is 1. The van der Waals surface area contributed by atoms with Gasteiger partial charge in [-0.05, 0) is 73.8 Å². The molecule has 0 radical (unpaired) electrons. The van der Waals surface area contributed by atoms with E-state index in [1.807, 2.05) is 0 Å². The minimum Gasteiger partial charge on any atom is -0.0840 e. The van der Waals surface area contributed by atoms with E-state index >= 15 is 0 Å². The first kappa shape index (κ1) is 17.3. The molecule has 2 unspecified atom stereocenters. The first-order chi connectivity index (χ1) is 9.44. The molecule has 0 N–H and O–H groups in total. The molecule has 0 heterocycles. The molecule has 0 nitrogen and oxygen atoms in total. The SMILES string of the molecule is C/C=C(\c1cc(C)cc(Cl)c1C)C(CC)CC(C)CC. The van der Waals surface area contributed by atoms with Crippen LogP contribution in [-0.2, 0) is 0 Å². The van der Waals surface area contributed by atoms with Crippen molar-refractivity contribution in [2.24, 2.45) is 11.8 Å². The molecule has 1 rings (SSSR count). The highest BCUT2D eigenvalue weighted by Crippen LogP contribution is 2.36. The van der Waals surface area contributed by atoms with Gasteiger partial charge in [0, 0.05) is 5.02 Å². The Kier molecular flexibility index (Phi) is 6.82. The molecule has 0 aliphatic carbocycles. The lowest BCUT2D eigenvalue weighted by molar-refractivity contribution is 0.435. The Bertz CT molecular complexity index is 471.